The highest BCUT2D eigenvalue weighted by molar-refractivity contribution is 7.15. The van der Waals surface area contributed by atoms with E-state index in [0.717, 1.165) is 35.4 Å². The van der Waals surface area contributed by atoms with Crippen molar-refractivity contribution < 1.29 is 4.79 Å². The Morgan fingerprint density at radius 1 is 1.11 bits per heavy atom. The number of rotatable bonds is 6. The van der Waals surface area contributed by atoms with E-state index in [1.165, 1.54) is 49.2 Å². The number of anilines is 1. The quantitative estimate of drug-likeness (QED) is 0.377. The molecule has 1 saturated heterocycles. The molecular weight excluding hydrogens is 480 g/mol. The van der Waals surface area contributed by atoms with Gasteiger partial charge < -0.3 is 4.90 Å². The van der Waals surface area contributed by atoms with Crippen LogP contribution < -0.4 is 5.32 Å². The van der Waals surface area contributed by atoms with Gasteiger partial charge in [-0.25, -0.2) is 9.67 Å². The number of nitrogens with zero attached hydrogens (tertiary/aromatic N) is 5. The van der Waals surface area contributed by atoms with Crippen molar-refractivity contribution >= 4 is 22.4 Å². The van der Waals surface area contributed by atoms with Gasteiger partial charge in [-0.2, -0.15) is 0 Å². The molecular formula is C29H32N6OS. The molecule has 1 amide bonds. The molecule has 1 atom stereocenters. The summed E-state index contributed by atoms with van der Waals surface area (Å²) in [7, 11) is 0. The minimum Gasteiger partial charge on any atom is -0.300 e. The Labute approximate surface area is 221 Å². The fourth-order valence-electron chi connectivity index (χ4n) is 5.41. The number of benzene rings is 2. The lowest BCUT2D eigenvalue weighted by Gasteiger charge is -2.36. The number of aryl methyl sites for hydroxylation is 2. The van der Waals surface area contributed by atoms with E-state index in [1.54, 1.807) is 16.0 Å². The van der Waals surface area contributed by atoms with Crippen LogP contribution >= 0.6 is 11.3 Å². The van der Waals surface area contributed by atoms with Gasteiger partial charge in [0, 0.05) is 22.0 Å². The third-order valence-electron chi connectivity index (χ3n) is 7.46. The molecule has 7 nitrogen and oxygen atoms in total. The van der Waals surface area contributed by atoms with Gasteiger partial charge in [0.15, 0.2) is 5.13 Å². The highest BCUT2D eigenvalue weighted by Gasteiger charge is 2.28. The number of carbonyl (C=O) groups is 1. The summed E-state index contributed by atoms with van der Waals surface area (Å²) in [6, 6.07) is 16.6. The number of fused-ring (bicyclic) bond motifs is 1. The summed E-state index contributed by atoms with van der Waals surface area (Å²) in [5.41, 5.74) is 5.87. The SMILES string of the molecule is Cc1ccc(-c2cn(Cc3cccc(C(=O)Nc4nc5c(s4)CC(N4CCCCC4)CC5)c3)nn2)cc1. The molecule has 190 valence electrons. The first kappa shape index (κ1) is 24.0. The molecule has 8 heteroatoms. The van der Waals surface area contributed by atoms with Crippen LogP contribution in [0.5, 0.6) is 0 Å². The van der Waals surface area contributed by atoms with Gasteiger partial charge in [-0.3, -0.25) is 10.1 Å². The van der Waals surface area contributed by atoms with Crippen molar-refractivity contribution in [1.29, 1.82) is 0 Å². The summed E-state index contributed by atoms with van der Waals surface area (Å²) < 4.78 is 1.81. The third kappa shape index (κ3) is 5.50. The summed E-state index contributed by atoms with van der Waals surface area (Å²) in [5, 5.41) is 12.4. The molecule has 37 heavy (non-hydrogen) atoms. The number of carbonyl (C=O) groups excluding carboxylic acids is 1. The van der Waals surface area contributed by atoms with Gasteiger partial charge in [0.05, 0.1) is 18.4 Å². The average molecular weight is 513 g/mol. The number of likely N-dealkylation sites (tertiary alicyclic amines) is 1. The van der Waals surface area contributed by atoms with Crippen molar-refractivity contribution in [1.82, 2.24) is 24.9 Å². The minimum absolute atomic E-state index is 0.125. The number of thiazole rings is 1. The summed E-state index contributed by atoms with van der Waals surface area (Å²) in [5.74, 6) is -0.125. The van der Waals surface area contributed by atoms with Gasteiger partial charge in [0.25, 0.3) is 5.91 Å². The first-order valence-corrected chi connectivity index (χ1v) is 14.0. The van der Waals surface area contributed by atoms with Gasteiger partial charge >= 0.3 is 0 Å². The Morgan fingerprint density at radius 3 is 2.78 bits per heavy atom. The normalized spacial score (nSPS) is 17.9. The zero-order valence-corrected chi connectivity index (χ0v) is 22.0. The molecule has 2 aliphatic rings. The lowest BCUT2D eigenvalue weighted by Crippen LogP contribution is -2.42. The van der Waals surface area contributed by atoms with E-state index in [4.69, 9.17) is 4.98 Å². The van der Waals surface area contributed by atoms with E-state index in [-0.39, 0.29) is 5.91 Å². The van der Waals surface area contributed by atoms with Crippen LogP contribution in [-0.2, 0) is 19.4 Å². The number of aromatic nitrogens is 4. The second-order valence-corrected chi connectivity index (χ2v) is 11.3. The third-order valence-corrected chi connectivity index (χ3v) is 8.50. The smallest absolute Gasteiger partial charge is 0.257 e. The Morgan fingerprint density at radius 2 is 1.95 bits per heavy atom. The Balaban J connectivity index is 1.10. The summed E-state index contributed by atoms with van der Waals surface area (Å²) in [6.07, 6.45) is 9.16. The van der Waals surface area contributed by atoms with Crippen molar-refractivity contribution in [3.8, 4) is 11.3 Å². The second kappa shape index (κ2) is 10.6. The van der Waals surface area contributed by atoms with E-state index in [9.17, 15) is 4.79 Å². The second-order valence-electron chi connectivity index (χ2n) is 10.2. The highest BCUT2D eigenvalue weighted by atomic mass is 32.1. The van der Waals surface area contributed by atoms with Crippen LogP contribution in [0.25, 0.3) is 11.3 Å². The molecule has 2 aromatic heterocycles. The van der Waals surface area contributed by atoms with E-state index >= 15 is 0 Å². The first-order chi connectivity index (χ1) is 18.1. The van der Waals surface area contributed by atoms with Crippen LogP contribution in [0.1, 0.15) is 57.7 Å². The summed E-state index contributed by atoms with van der Waals surface area (Å²) in [6.45, 7) is 5.06. The zero-order chi connectivity index (χ0) is 25.2. The fourth-order valence-corrected chi connectivity index (χ4v) is 6.48. The van der Waals surface area contributed by atoms with E-state index in [2.05, 4.69) is 51.7 Å². The number of hydrogen-bond acceptors (Lipinski definition) is 6. The average Bonchev–Trinajstić information content (AvgIpc) is 3.56. The monoisotopic (exact) mass is 512 g/mol. The minimum atomic E-state index is -0.125. The van der Waals surface area contributed by atoms with E-state index in [1.807, 2.05) is 30.5 Å². The molecule has 6 rings (SSSR count). The summed E-state index contributed by atoms with van der Waals surface area (Å²) >= 11 is 1.64. The number of piperidine rings is 1. The van der Waals surface area contributed by atoms with Crippen molar-refractivity contribution in [3.05, 3.63) is 82.0 Å². The first-order valence-electron chi connectivity index (χ1n) is 13.2. The predicted molar refractivity (Wildman–Crippen MR) is 147 cm³/mol. The molecule has 2 aromatic carbocycles. The molecule has 1 unspecified atom stereocenters. The largest absolute Gasteiger partial charge is 0.300 e. The van der Waals surface area contributed by atoms with Gasteiger partial charge in [0.1, 0.15) is 5.69 Å². The van der Waals surface area contributed by atoms with Crippen LogP contribution in [0.3, 0.4) is 0 Å². The molecule has 1 fully saturated rings. The maximum Gasteiger partial charge on any atom is 0.257 e. The van der Waals surface area contributed by atoms with Gasteiger partial charge in [-0.1, -0.05) is 53.6 Å². The molecule has 1 aliphatic heterocycles. The number of amides is 1. The Hall–Kier alpha value is -3.36. The number of nitrogens with one attached hydrogen (secondary N) is 1. The number of hydrogen-bond donors (Lipinski definition) is 1. The Bertz CT molecular complexity index is 1390. The molecule has 3 heterocycles. The van der Waals surface area contributed by atoms with Gasteiger partial charge in [-0.05, 0) is 69.8 Å². The van der Waals surface area contributed by atoms with Crippen LogP contribution in [-0.4, -0.2) is 49.9 Å². The predicted octanol–water partition coefficient (Wildman–Crippen LogP) is 5.35. The molecule has 0 saturated carbocycles. The standard InChI is InChI=1S/C29H32N6OS/c1-20-8-10-22(11-9-20)26-19-35(33-32-26)18-21-6-5-7-23(16-21)28(36)31-29-30-25-13-12-24(17-27(25)37-29)34-14-3-2-4-15-34/h5-11,16,19,24H,2-4,12-15,17-18H2,1H3,(H,30,31,36). The molecule has 1 N–H and O–H groups in total. The summed E-state index contributed by atoms with van der Waals surface area (Å²) in [4.78, 5) is 21.8. The van der Waals surface area contributed by atoms with Gasteiger partial charge in [-0.15, -0.1) is 16.4 Å². The van der Waals surface area contributed by atoms with Crippen LogP contribution in [0.2, 0.25) is 0 Å². The lowest BCUT2D eigenvalue weighted by atomic mass is 9.94. The topological polar surface area (TPSA) is 75.9 Å². The fraction of sp³-hybridized carbons (Fsp3) is 0.379. The van der Waals surface area contributed by atoms with Crippen molar-refractivity contribution in [2.75, 3.05) is 18.4 Å². The molecule has 4 aromatic rings. The van der Waals surface area contributed by atoms with Crippen molar-refractivity contribution in [2.45, 2.75) is 58.0 Å². The zero-order valence-electron chi connectivity index (χ0n) is 21.2. The van der Waals surface area contributed by atoms with Crippen molar-refractivity contribution in [2.24, 2.45) is 0 Å². The molecule has 0 bridgehead atoms. The molecule has 1 aliphatic carbocycles. The van der Waals surface area contributed by atoms with Crippen LogP contribution in [0.15, 0.2) is 54.7 Å². The van der Waals surface area contributed by atoms with Crippen LogP contribution in [0.4, 0.5) is 5.13 Å². The lowest BCUT2D eigenvalue weighted by molar-refractivity contribution is 0.102. The van der Waals surface area contributed by atoms with Crippen LogP contribution in [0, 0.1) is 6.92 Å². The Kier molecular flexibility index (Phi) is 6.85. The van der Waals surface area contributed by atoms with Crippen molar-refractivity contribution in [3.63, 3.8) is 0 Å². The molecule has 0 radical (unpaired) electrons. The van der Waals surface area contributed by atoms with E-state index in [0.29, 0.717) is 23.3 Å². The maximum atomic E-state index is 13.1. The molecule has 0 spiro atoms. The maximum absolute atomic E-state index is 13.1. The highest BCUT2D eigenvalue weighted by Crippen LogP contribution is 2.32. The van der Waals surface area contributed by atoms with E-state index < -0.39 is 0 Å². The van der Waals surface area contributed by atoms with Gasteiger partial charge in [0.2, 0.25) is 0 Å².